The van der Waals surface area contributed by atoms with Crippen LogP contribution in [-0.2, 0) is 0 Å². The van der Waals surface area contributed by atoms with Crippen molar-refractivity contribution >= 4 is 11.6 Å². The van der Waals surface area contributed by atoms with E-state index in [1.165, 1.54) is 25.7 Å². The van der Waals surface area contributed by atoms with Gasteiger partial charge in [0.05, 0.1) is 0 Å². The summed E-state index contributed by atoms with van der Waals surface area (Å²) in [6.45, 7) is 6.69. The standard InChI is InChI=1S/C16H24N2O/c1-11-9-12(15(17)19)6-7-14(11)18-13-5-4-8-16(2,3)10-13/h6-7,9,13,18H,4-5,8,10H2,1-3H3,(H2,17,19). The molecular formula is C16H24N2O. The van der Waals surface area contributed by atoms with E-state index in [2.05, 4.69) is 19.2 Å². The molecule has 3 nitrogen and oxygen atoms in total. The first-order valence-electron chi connectivity index (χ1n) is 7.04. The molecule has 1 fully saturated rings. The monoisotopic (exact) mass is 260 g/mol. The minimum atomic E-state index is -0.367. The number of benzene rings is 1. The summed E-state index contributed by atoms with van der Waals surface area (Å²) < 4.78 is 0. The topological polar surface area (TPSA) is 55.1 Å². The first-order valence-corrected chi connectivity index (χ1v) is 7.04. The summed E-state index contributed by atoms with van der Waals surface area (Å²) in [6.07, 6.45) is 5.01. The molecule has 1 amide bonds. The molecule has 3 N–H and O–H groups in total. The summed E-state index contributed by atoms with van der Waals surface area (Å²) in [4.78, 5) is 11.1. The first kappa shape index (κ1) is 13.9. The second-order valence-electron chi connectivity index (χ2n) is 6.50. The normalized spacial score (nSPS) is 21.9. The van der Waals surface area contributed by atoms with Gasteiger partial charge in [-0.3, -0.25) is 4.79 Å². The Balaban J connectivity index is 2.09. The molecule has 1 atom stereocenters. The number of nitrogens with two attached hydrogens (primary N) is 1. The molecule has 0 bridgehead atoms. The van der Waals surface area contributed by atoms with E-state index in [-0.39, 0.29) is 5.91 Å². The zero-order valence-corrected chi connectivity index (χ0v) is 12.1. The fraction of sp³-hybridized carbons (Fsp3) is 0.562. The summed E-state index contributed by atoms with van der Waals surface area (Å²) in [5.41, 5.74) is 8.50. The van der Waals surface area contributed by atoms with Crippen molar-refractivity contribution in [2.75, 3.05) is 5.32 Å². The number of carbonyl (C=O) groups excluding carboxylic acids is 1. The van der Waals surface area contributed by atoms with Gasteiger partial charge in [0.15, 0.2) is 0 Å². The number of primary amides is 1. The number of hydrogen-bond acceptors (Lipinski definition) is 2. The number of rotatable bonds is 3. The van der Waals surface area contributed by atoms with Gasteiger partial charge in [-0.15, -0.1) is 0 Å². The highest BCUT2D eigenvalue weighted by Crippen LogP contribution is 2.36. The van der Waals surface area contributed by atoms with Crippen LogP contribution in [0.25, 0.3) is 0 Å². The summed E-state index contributed by atoms with van der Waals surface area (Å²) >= 11 is 0. The number of aryl methyl sites for hydroxylation is 1. The molecule has 0 radical (unpaired) electrons. The minimum Gasteiger partial charge on any atom is -0.382 e. The zero-order valence-electron chi connectivity index (χ0n) is 12.1. The van der Waals surface area contributed by atoms with E-state index in [1.54, 1.807) is 6.07 Å². The van der Waals surface area contributed by atoms with Gasteiger partial charge in [-0.1, -0.05) is 20.3 Å². The van der Waals surface area contributed by atoms with Gasteiger partial charge in [0, 0.05) is 17.3 Å². The predicted molar refractivity (Wildman–Crippen MR) is 79.4 cm³/mol. The van der Waals surface area contributed by atoms with Gasteiger partial charge < -0.3 is 11.1 Å². The molecule has 2 rings (SSSR count). The lowest BCUT2D eigenvalue weighted by Crippen LogP contribution is -2.32. The van der Waals surface area contributed by atoms with Gasteiger partial charge in [0.25, 0.3) is 0 Å². The lowest BCUT2D eigenvalue weighted by atomic mass is 9.75. The van der Waals surface area contributed by atoms with Crippen molar-refractivity contribution in [3.63, 3.8) is 0 Å². The Kier molecular flexibility index (Phi) is 3.83. The Morgan fingerprint density at radius 1 is 1.42 bits per heavy atom. The van der Waals surface area contributed by atoms with E-state index in [1.807, 2.05) is 19.1 Å². The molecule has 0 saturated heterocycles. The third kappa shape index (κ3) is 3.49. The lowest BCUT2D eigenvalue weighted by Gasteiger charge is -2.36. The highest BCUT2D eigenvalue weighted by molar-refractivity contribution is 5.93. The van der Waals surface area contributed by atoms with Crippen molar-refractivity contribution in [1.82, 2.24) is 0 Å². The van der Waals surface area contributed by atoms with Crippen LogP contribution in [0.3, 0.4) is 0 Å². The van der Waals surface area contributed by atoms with Crippen molar-refractivity contribution in [2.24, 2.45) is 11.1 Å². The molecular weight excluding hydrogens is 236 g/mol. The molecule has 1 unspecified atom stereocenters. The second-order valence-corrected chi connectivity index (χ2v) is 6.50. The molecule has 0 spiro atoms. The highest BCUT2D eigenvalue weighted by Gasteiger charge is 2.27. The average molecular weight is 260 g/mol. The van der Waals surface area contributed by atoms with Crippen LogP contribution in [0.15, 0.2) is 18.2 Å². The van der Waals surface area contributed by atoms with Gasteiger partial charge in [-0.05, 0) is 55.4 Å². The molecule has 0 aromatic heterocycles. The zero-order chi connectivity index (χ0) is 14.0. The SMILES string of the molecule is Cc1cc(C(N)=O)ccc1NC1CCCC(C)(C)C1. The van der Waals surface area contributed by atoms with E-state index in [4.69, 9.17) is 5.73 Å². The first-order chi connectivity index (χ1) is 8.87. The molecule has 3 heteroatoms. The Morgan fingerprint density at radius 2 is 2.16 bits per heavy atom. The fourth-order valence-corrected chi connectivity index (χ4v) is 3.02. The highest BCUT2D eigenvalue weighted by atomic mass is 16.1. The van der Waals surface area contributed by atoms with Crippen LogP contribution in [0.2, 0.25) is 0 Å². The van der Waals surface area contributed by atoms with Crippen molar-refractivity contribution in [3.05, 3.63) is 29.3 Å². The van der Waals surface area contributed by atoms with Gasteiger partial charge in [0.2, 0.25) is 5.91 Å². The maximum Gasteiger partial charge on any atom is 0.248 e. The molecule has 1 aliphatic carbocycles. The Labute approximate surface area is 115 Å². The maximum atomic E-state index is 11.1. The molecule has 0 heterocycles. The molecule has 1 aliphatic rings. The third-order valence-electron chi connectivity index (χ3n) is 4.08. The van der Waals surface area contributed by atoms with Gasteiger partial charge >= 0.3 is 0 Å². The van der Waals surface area contributed by atoms with Crippen LogP contribution in [0, 0.1) is 12.3 Å². The molecule has 1 aromatic carbocycles. The Hall–Kier alpha value is -1.51. The van der Waals surface area contributed by atoms with E-state index in [9.17, 15) is 4.79 Å². The lowest BCUT2D eigenvalue weighted by molar-refractivity contribution is 0.1000. The van der Waals surface area contributed by atoms with Crippen LogP contribution in [0.4, 0.5) is 5.69 Å². The van der Waals surface area contributed by atoms with E-state index >= 15 is 0 Å². The molecule has 0 aliphatic heterocycles. The largest absolute Gasteiger partial charge is 0.382 e. The predicted octanol–water partition coefficient (Wildman–Crippen LogP) is 3.47. The number of anilines is 1. The minimum absolute atomic E-state index is 0.367. The van der Waals surface area contributed by atoms with Crippen molar-refractivity contribution < 1.29 is 4.79 Å². The van der Waals surface area contributed by atoms with Gasteiger partial charge in [-0.2, -0.15) is 0 Å². The van der Waals surface area contributed by atoms with Gasteiger partial charge in [-0.25, -0.2) is 0 Å². The second kappa shape index (κ2) is 5.24. The summed E-state index contributed by atoms with van der Waals surface area (Å²) in [5, 5.41) is 3.62. The number of hydrogen-bond donors (Lipinski definition) is 2. The average Bonchev–Trinajstić information content (AvgIpc) is 2.30. The molecule has 104 valence electrons. The van der Waals surface area contributed by atoms with Gasteiger partial charge in [0.1, 0.15) is 0 Å². The summed E-state index contributed by atoms with van der Waals surface area (Å²) in [7, 11) is 0. The molecule has 1 saturated carbocycles. The Bertz CT molecular complexity index is 480. The van der Waals surface area contributed by atoms with E-state index < -0.39 is 0 Å². The fourth-order valence-electron chi connectivity index (χ4n) is 3.02. The Morgan fingerprint density at radius 3 is 2.74 bits per heavy atom. The third-order valence-corrected chi connectivity index (χ3v) is 4.08. The molecule has 1 aromatic rings. The van der Waals surface area contributed by atoms with Crippen molar-refractivity contribution in [3.8, 4) is 0 Å². The van der Waals surface area contributed by atoms with Crippen molar-refractivity contribution in [1.29, 1.82) is 0 Å². The maximum absolute atomic E-state index is 11.1. The summed E-state index contributed by atoms with van der Waals surface area (Å²) in [5.74, 6) is -0.367. The van der Waals surface area contributed by atoms with E-state index in [0.29, 0.717) is 17.0 Å². The van der Waals surface area contributed by atoms with Crippen LogP contribution in [-0.4, -0.2) is 11.9 Å². The smallest absolute Gasteiger partial charge is 0.248 e. The molecule has 19 heavy (non-hydrogen) atoms. The van der Waals surface area contributed by atoms with Crippen LogP contribution in [0.5, 0.6) is 0 Å². The number of nitrogens with one attached hydrogen (secondary N) is 1. The number of carbonyl (C=O) groups is 1. The van der Waals surface area contributed by atoms with E-state index in [0.717, 1.165) is 11.3 Å². The quantitative estimate of drug-likeness (QED) is 0.874. The van der Waals surface area contributed by atoms with Crippen LogP contribution < -0.4 is 11.1 Å². The summed E-state index contributed by atoms with van der Waals surface area (Å²) in [6, 6.07) is 6.16. The van der Waals surface area contributed by atoms with Crippen LogP contribution in [0.1, 0.15) is 55.5 Å². The van der Waals surface area contributed by atoms with Crippen LogP contribution >= 0.6 is 0 Å². The van der Waals surface area contributed by atoms with Crippen molar-refractivity contribution in [2.45, 2.75) is 52.5 Å². The number of amides is 1.